The van der Waals surface area contributed by atoms with Crippen LogP contribution in [0.5, 0.6) is 0 Å². The molecule has 0 saturated heterocycles. The van der Waals surface area contributed by atoms with Crippen molar-refractivity contribution in [3.8, 4) is 0 Å². The van der Waals surface area contributed by atoms with E-state index in [2.05, 4.69) is 10.6 Å². The highest BCUT2D eigenvalue weighted by Crippen LogP contribution is 2.09. The number of hydrogen-bond acceptors (Lipinski definition) is 2. The summed E-state index contributed by atoms with van der Waals surface area (Å²) in [6, 6.07) is 7.36. The van der Waals surface area contributed by atoms with Crippen molar-refractivity contribution in [2.45, 2.75) is 19.5 Å². The molecule has 0 aliphatic carbocycles. The van der Waals surface area contributed by atoms with Crippen molar-refractivity contribution in [3.63, 3.8) is 0 Å². The van der Waals surface area contributed by atoms with Gasteiger partial charge in [-0.3, -0.25) is 4.79 Å². The summed E-state index contributed by atoms with van der Waals surface area (Å²) in [4.78, 5) is 11.2. The second-order valence-electron chi connectivity index (χ2n) is 3.34. The van der Waals surface area contributed by atoms with E-state index in [4.69, 9.17) is 11.6 Å². The lowest BCUT2D eigenvalue weighted by Crippen LogP contribution is -2.40. The van der Waals surface area contributed by atoms with Gasteiger partial charge in [-0.1, -0.05) is 23.7 Å². The summed E-state index contributed by atoms with van der Waals surface area (Å²) < 4.78 is 0. The predicted octanol–water partition coefficient (Wildman–Crippen LogP) is 1.99. The van der Waals surface area contributed by atoms with Gasteiger partial charge >= 0.3 is 0 Å². The van der Waals surface area contributed by atoms with Crippen LogP contribution in [0.15, 0.2) is 24.3 Å². The lowest BCUT2D eigenvalue weighted by molar-refractivity contribution is -0.122. The first-order chi connectivity index (χ1) is 7.13. The van der Waals surface area contributed by atoms with Crippen LogP contribution in [0.3, 0.4) is 0 Å². The van der Waals surface area contributed by atoms with Crippen LogP contribution >= 0.6 is 24.0 Å². The summed E-state index contributed by atoms with van der Waals surface area (Å²) in [5, 5.41) is 6.42. The molecule has 1 aromatic rings. The molecule has 1 aromatic carbocycles. The van der Waals surface area contributed by atoms with Gasteiger partial charge in [0.15, 0.2) is 0 Å². The monoisotopic (exact) mass is 262 g/mol. The SMILES string of the molecule is CNC(=O)[C@@H](C)NCc1ccc(Cl)cc1.Cl. The molecule has 90 valence electrons. The van der Waals surface area contributed by atoms with Crippen LogP contribution in [-0.4, -0.2) is 19.0 Å². The van der Waals surface area contributed by atoms with Crippen LogP contribution in [0.2, 0.25) is 5.02 Å². The minimum absolute atomic E-state index is 0. The van der Waals surface area contributed by atoms with E-state index in [1.807, 2.05) is 31.2 Å². The summed E-state index contributed by atoms with van der Waals surface area (Å²) >= 11 is 5.76. The Morgan fingerprint density at radius 2 is 1.94 bits per heavy atom. The summed E-state index contributed by atoms with van der Waals surface area (Å²) in [6.45, 7) is 2.49. The molecule has 1 amide bonds. The van der Waals surface area contributed by atoms with Crippen molar-refractivity contribution in [2.24, 2.45) is 0 Å². The van der Waals surface area contributed by atoms with E-state index < -0.39 is 0 Å². The fourth-order valence-electron chi connectivity index (χ4n) is 1.18. The summed E-state index contributed by atoms with van der Waals surface area (Å²) in [7, 11) is 1.63. The molecule has 1 atom stereocenters. The largest absolute Gasteiger partial charge is 0.358 e. The second kappa shape index (κ2) is 7.49. The molecule has 0 spiro atoms. The van der Waals surface area contributed by atoms with Gasteiger partial charge in [-0.05, 0) is 24.6 Å². The van der Waals surface area contributed by atoms with E-state index >= 15 is 0 Å². The van der Waals surface area contributed by atoms with E-state index in [0.29, 0.717) is 6.54 Å². The Labute approximate surface area is 107 Å². The standard InChI is InChI=1S/C11H15ClN2O.ClH/c1-8(11(15)13-2)14-7-9-3-5-10(12)6-4-9;/h3-6,8,14H,7H2,1-2H3,(H,13,15);1H/t8-;/m1./s1. The fraction of sp³-hybridized carbons (Fsp3) is 0.364. The Balaban J connectivity index is 0.00000225. The van der Waals surface area contributed by atoms with Crippen LogP contribution in [0.1, 0.15) is 12.5 Å². The van der Waals surface area contributed by atoms with Gasteiger partial charge in [-0.25, -0.2) is 0 Å². The molecule has 0 aliphatic heterocycles. The van der Waals surface area contributed by atoms with E-state index in [9.17, 15) is 4.79 Å². The number of carbonyl (C=O) groups excluding carboxylic acids is 1. The summed E-state index contributed by atoms with van der Waals surface area (Å²) in [5.41, 5.74) is 1.11. The van der Waals surface area contributed by atoms with Crippen molar-refractivity contribution in [3.05, 3.63) is 34.9 Å². The smallest absolute Gasteiger partial charge is 0.236 e. The lowest BCUT2D eigenvalue weighted by Gasteiger charge is -2.11. The van der Waals surface area contributed by atoms with E-state index in [1.54, 1.807) is 7.05 Å². The molecule has 16 heavy (non-hydrogen) atoms. The molecule has 0 saturated carbocycles. The zero-order chi connectivity index (χ0) is 11.3. The number of halogens is 2. The first-order valence-electron chi connectivity index (χ1n) is 4.83. The summed E-state index contributed by atoms with van der Waals surface area (Å²) in [5.74, 6) is -0.0102. The molecule has 0 aromatic heterocycles. The maximum Gasteiger partial charge on any atom is 0.236 e. The van der Waals surface area contributed by atoms with Gasteiger partial charge in [-0.15, -0.1) is 12.4 Å². The van der Waals surface area contributed by atoms with Gasteiger partial charge in [0, 0.05) is 18.6 Å². The minimum Gasteiger partial charge on any atom is -0.358 e. The predicted molar refractivity (Wildman–Crippen MR) is 69.1 cm³/mol. The van der Waals surface area contributed by atoms with E-state index in [0.717, 1.165) is 10.6 Å². The van der Waals surface area contributed by atoms with Crippen LogP contribution in [0, 0.1) is 0 Å². The number of nitrogens with one attached hydrogen (secondary N) is 2. The number of carbonyl (C=O) groups is 1. The second-order valence-corrected chi connectivity index (χ2v) is 3.78. The van der Waals surface area contributed by atoms with Gasteiger partial charge in [0.05, 0.1) is 6.04 Å². The first-order valence-corrected chi connectivity index (χ1v) is 5.20. The van der Waals surface area contributed by atoms with Crippen LogP contribution < -0.4 is 10.6 Å². The number of benzene rings is 1. The summed E-state index contributed by atoms with van der Waals surface area (Å²) in [6.07, 6.45) is 0. The van der Waals surface area contributed by atoms with Crippen molar-refractivity contribution >= 4 is 29.9 Å². The van der Waals surface area contributed by atoms with Gasteiger partial charge < -0.3 is 10.6 Å². The molecule has 2 N–H and O–H groups in total. The highest BCUT2D eigenvalue weighted by molar-refractivity contribution is 6.30. The Bertz CT molecular complexity index is 327. The highest BCUT2D eigenvalue weighted by Gasteiger charge is 2.08. The minimum atomic E-state index is -0.189. The van der Waals surface area contributed by atoms with Crippen molar-refractivity contribution in [1.82, 2.24) is 10.6 Å². The van der Waals surface area contributed by atoms with Gasteiger partial charge in [-0.2, -0.15) is 0 Å². The molecule has 0 aliphatic rings. The Kier molecular flexibility index (Phi) is 7.13. The zero-order valence-corrected chi connectivity index (χ0v) is 10.9. The third kappa shape index (κ3) is 4.84. The molecule has 0 fully saturated rings. The number of rotatable bonds is 4. The topological polar surface area (TPSA) is 41.1 Å². The van der Waals surface area contributed by atoms with Crippen molar-refractivity contribution in [2.75, 3.05) is 7.05 Å². The maximum absolute atomic E-state index is 11.2. The zero-order valence-electron chi connectivity index (χ0n) is 9.29. The average molecular weight is 263 g/mol. The Morgan fingerprint density at radius 1 is 1.38 bits per heavy atom. The van der Waals surface area contributed by atoms with Gasteiger partial charge in [0.25, 0.3) is 0 Å². The van der Waals surface area contributed by atoms with Crippen molar-refractivity contribution in [1.29, 1.82) is 0 Å². The Hall–Kier alpha value is -0.770. The molecule has 0 bridgehead atoms. The quantitative estimate of drug-likeness (QED) is 0.872. The van der Waals surface area contributed by atoms with Crippen molar-refractivity contribution < 1.29 is 4.79 Å². The van der Waals surface area contributed by atoms with Crippen LogP contribution in [0.25, 0.3) is 0 Å². The highest BCUT2D eigenvalue weighted by atomic mass is 35.5. The maximum atomic E-state index is 11.2. The van der Waals surface area contributed by atoms with Gasteiger partial charge in [0.1, 0.15) is 0 Å². The third-order valence-corrected chi connectivity index (χ3v) is 2.42. The number of likely N-dealkylation sites (N-methyl/N-ethyl adjacent to an activating group) is 1. The molecule has 3 nitrogen and oxygen atoms in total. The molecule has 5 heteroatoms. The normalized spacial score (nSPS) is 11.4. The molecule has 0 unspecified atom stereocenters. The fourth-order valence-corrected chi connectivity index (χ4v) is 1.31. The van der Waals surface area contributed by atoms with E-state index in [-0.39, 0.29) is 24.4 Å². The number of hydrogen-bond donors (Lipinski definition) is 2. The molecule has 0 heterocycles. The molecule has 1 rings (SSSR count). The lowest BCUT2D eigenvalue weighted by atomic mass is 10.2. The average Bonchev–Trinajstić information content (AvgIpc) is 2.26. The molecular weight excluding hydrogens is 247 g/mol. The first kappa shape index (κ1) is 15.2. The van der Waals surface area contributed by atoms with Crippen LogP contribution in [0.4, 0.5) is 0 Å². The third-order valence-electron chi connectivity index (χ3n) is 2.17. The Morgan fingerprint density at radius 3 is 2.44 bits per heavy atom. The van der Waals surface area contributed by atoms with Gasteiger partial charge in [0.2, 0.25) is 5.91 Å². The molecular formula is C11H16Cl2N2O. The molecule has 0 radical (unpaired) electrons. The van der Waals surface area contributed by atoms with E-state index in [1.165, 1.54) is 0 Å². The number of amides is 1. The van der Waals surface area contributed by atoms with Crippen LogP contribution in [-0.2, 0) is 11.3 Å².